The fourth-order valence-corrected chi connectivity index (χ4v) is 5.56. The maximum absolute atomic E-state index is 12.9. The van der Waals surface area contributed by atoms with Gasteiger partial charge in [0.05, 0.1) is 23.1 Å². The van der Waals surface area contributed by atoms with Gasteiger partial charge in [-0.3, -0.25) is 14.5 Å². The van der Waals surface area contributed by atoms with Crippen LogP contribution in [0.3, 0.4) is 0 Å². The molecule has 0 saturated carbocycles. The van der Waals surface area contributed by atoms with Gasteiger partial charge in [-0.2, -0.15) is 0 Å². The van der Waals surface area contributed by atoms with Crippen LogP contribution in [0.4, 0.5) is 0 Å². The summed E-state index contributed by atoms with van der Waals surface area (Å²) in [7, 11) is 1.58. The molecular formula is C28H32BrNO5S2. The van der Waals surface area contributed by atoms with E-state index >= 15 is 0 Å². The van der Waals surface area contributed by atoms with Gasteiger partial charge in [-0.15, -0.1) is 0 Å². The number of hydrogen-bond acceptors (Lipinski definition) is 7. The molecule has 0 aromatic heterocycles. The monoisotopic (exact) mass is 605 g/mol. The summed E-state index contributed by atoms with van der Waals surface area (Å²) in [5.41, 5.74) is 3.19. The number of nitrogens with zero attached hydrogens (tertiary/aromatic N) is 1. The van der Waals surface area contributed by atoms with Crippen LogP contribution in [-0.4, -0.2) is 41.4 Å². The number of ether oxygens (including phenoxy) is 3. The maximum atomic E-state index is 12.9. The summed E-state index contributed by atoms with van der Waals surface area (Å²) in [6.45, 7) is 9.43. The fourth-order valence-electron chi connectivity index (χ4n) is 3.68. The van der Waals surface area contributed by atoms with Gasteiger partial charge in [-0.1, -0.05) is 69.0 Å². The van der Waals surface area contributed by atoms with E-state index in [0.29, 0.717) is 51.4 Å². The lowest BCUT2D eigenvalue weighted by molar-refractivity contribution is -0.143. The minimum Gasteiger partial charge on any atom is -0.493 e. The zero-order valence-electron chi connectivity index (χ0n) is 21.8. The second kappa shape index (κ2) is 12.9. The Hall–Kier alpha value is -2.36. The van der Waals surface area contributed by atoms with E-state index in [1.54, 1.807) is 20.1 Å². The van der Waals surface area contributed by atoms with Gasteiger partial charge in [0, 0.05) is 13.0 Å². The Morgan fingerprint density at radius 3 is 2.51 bits per heavy atom. The van der Waals surface area contributed by atoms with Crippen LogP contribution >= 0.6 is 39.9 Å². The number of carbonyl (C=O) groups excluding carboxylic acids is 2. The van der Waals surface area contributed by atoms with Crippen molar-refractivity contribution in [2.45, 2.75) is 52.6 Å². The third kappa shape index (κ3) is 7.82. The number of benzene rings is 2. The van der Waals surface area contributed by atoms with Gasteiger partial charge < -0.3 is 14.2 Å². The lowest BCUT2D eigenvalue weighted by Crippen LogP contribution is -2.29. The van der Waals surface area contributed by atoms with Crippen LogP contribution in [0, 0.1) is 0 Å². The number of rotatable bonds is 10. The fraction of sp³-hybridized carbons (Fsp3) is 0.393. The van der Waals surface area contributed by atoms with Crippen molar-refractivity contribution >= 4 is 62.2 Å². The van der Waals surface area contributed by atoms with Crippen molar-refractivity contribution in [1.82, 2.24) is 4.90 Å². The predicted molar refractivity (Wildman–Crippen MR) is 156 cm³/mol. The molecule has 2 aromatic carbocycles. The van der Waals surface area contributed by atoms with E-state index < -0.39 is 0 Å². The summed E-state index contributed by atoms with van der Waals surface area (Å²) in [5, 5.41) is 0. The lowest BCUT2D eigenvalue weighted by Gasteiger charge is -2.19. The Balaban J connectivity index is 1.69. The van der Waals surface area contributed by atoms with E-state index in [9.17, 15) is 9.59 Å². The van der Waals surface area contributed by atoms with Gasteiger partial charge in [-0.25, -0.2) is 0 Å². The van der Waals surface area contributed by atoms with Crippen molar-refractivity contribution in [2.75, 3.05) is 20.3 Å². The Morgan fingerprint density at radius 1 is 1.19 bits per heavy atom. The first-order chi connectivity index (χ1) is 17.5. The lowest BCUT2D eigenvalue weighted by atomic mass is 9.87. The van der Waals surface area contributed by atoms with Crippen LogP contribution in [0.5, 0.6) is 11.5 Å². The van der Waals surface area contributed by atoms with Crippen molar-refractivity contribution in [2.24, 2.45) is 0 Å². The molecule has 198 valence electrons. The van der Waals surface area contributed by atoms with E-state index in [4.69, 9.17) is 26.4 Å². The number of esters is 1. The first-order valence-electron chi connectivity index (χ1n) is 12.0. The van der Waals surface area contributed by atoms with Gasteiger partial charge in [0.15, 0.2) is 11.5 Å². The topological polar surface area (TPSA) is 65.1 Å². The molecule has 1 fully saturated rings. The van der Waals surface area contributed by atoms with E-state index in [-0.39, 0.29) is 23.7 Å². The zero-order valence-corrected chi connectivity index (χ0v) is 25.0. The number of carbonyl (C=O) groups is 2. The van der Waals surface area contributed by atoms with Crippen molar-refractivity contribution in [3.63, 3.8) is 0 Å². The second-order valence-electron chi connectivity index (χ2n) is 9.51. The normalized spacial score (nSPS) is 14.9. The van der Waals surface area contributed by atoms with Crippen molar-refractivity contribution < 1.29 is 23.8 Å². The quantitative estimate of drug-likeness (QED) is 0.166. The highest BCUT2D eigenvalue weighted by molar-refractivity contribution is 9.10. The summed E-state index contributed by atoms with van der Waals surface area (Å²) in [6, 6.07) is 12.1. The molecule has 0 N–H and O–H groups in total. The Bertz CT molecular complexity index is 1190. The van der Waals surface area contributed by atoms with Gasteiger partial charge in [0.25, 0.3) is 5.91 Å². The molecule has 1 amide bonds. The van der Waals surface area contributed by atoms with Gasteiger partial charge in [0.2, 0.25) is 0 Å². The van der Waals surface area contributed by atoms with Crippen molar-refractivity contribution in [3.8, 4) is 11.5 Å². The average Bonchev–Trinajstić information content (AvgIpc) is 3.10. The molecule has 2 aromatic rings. The molecule has 37 heavy (non-hydrogen) atoms. The molecule has 6 nitrogen and oxygen atoms in total. The second-order valence-corrected chi connectivity index (χ2v) is 12.0. The Labute approximate surface area is 236 Å². The summed E-state index contributed by atoms with van der Waals surface area (Å²) in [6.07, 6.45) is 2.52. The van der Waals surface area contributed by atoms with Crippen LogP contribution in [0.25, 0.3) is 6.08 Å². The largest absolute Gasteiger partial charge is 0.493 e. The highest BCUT2D eigenvalue weighted by atomic mass is 79.9. The zero-order chi connectivity index (χ0) is 27.2. The molecule has 0 atom stereocenters. The molecule has 0 bridgehead atoms. The SMILES string of the molecule is CCOC(=O)CCCN1C(=O)/C(=C\c2cc(Br)c(OCc3ccc(C(C)(C)C)cc3)c(OC)c2)SC1=S. The van der Waals surface area contributed by atoms with E-state index in [0.717, 1.165) is 11.1 Å². The van der Waals surface area contributed by atoms with Gasteiger partial charge in [0.1, 0.15) is 10.9 Å². The molecule has 1 aliphatic heterocycles. The molecule has 1 heterocycles. The summed E-state index contributed by atoms with van der Waals surface area (Å²) in [5.74, 6) is 0.695. The van der Waals surface area contributed by atoms with Crippen LogP contribution < -0.4 is 9.47 Å². The Morgan fingerprint density at radius 2 is 1.89 bits per heavy atom. The minimum absolute atomic E-state index is 0.0956. The number of methoxy groups -OCH3 is 1. The third-order valence-electron chi connectivity index (χ3n) is 5.69. The van der Waals surface area contributed by atoms with Crippen molar-refractivity contribution in [1.29, 1.82) is 0 Å². The maximum Gasteiger partial charge on any atom is 0.305 e. The highest BCUT2D eigenvalue weighted by Gasteiger charge is 2.31. The number of thiocarbonyl (C=S) groups is 1. The minimum atomic E-state index is -0.273. The van der Waals surface area contributed by atoms with Gasteiger partial charge >= 0.3 is 5.97 Å². The Kier molecular flexibility index (Phi) is 10.2. The molecule has 0 unspecified atom stereocenters. The summed E-state index contributed by atoms with van der Waals surface area (Å²) < 4.78 is 17.8. The van der Waals surface area contributed by atoms with Crippen LogP contribution in [0.1, 0.15) is 57.2 Å². The molecule has 0 radical (unpaired) electrons. The summed E-state index contributed by atoms with van der Waals surface area (Å²) in [4.78, 5) is 26.6. The first kappa shape index (κ1) is 29.2. The van der Waals surface area contributed by atoms with E-state index in [1.807, 2.05) is 12.1 Å². The molecule has 9 heteroatoms. The molecular weight excluding hydrogens is 574 g/mol. The molecule has 3 rings (SSSR count). The molecule has 0 aliphatic carbocycles. The van der Waals surface area contributed by atoms with Crippen molar-refractivity contribution in [3.05, 3.63) is 62.5 Å². The molecule has 1 aliphatic rings. The third-order valence-corrected chi connectivity index (χ3v) is 7.66. The average molecular weight is 607 g/mol. The summed E-state index contributed by atoms with van der Waals surface area (Å²) >= 11 is 10.2. The highest BCUT2D eigenvalue weighted by Crippen LogP contribution is 2.39. The number of hydrogen-bond donors (Lipinski definition) is 0. The van der Waals surface area contributed by atoms with E-state index in [2.05, 4.69) is 61.0 Å². The van der Waals surface area contributed by atoms with E-state index in [1.165, 1.54) is 22.2 Å². The van der Waals surface area contributed by atoms with Gasteiger partial charge in [-0.05, 0) is 69.6 Å². The smallest absolute Gasteiger partial charge is 0.305 e. The molecule has 0 spiro atoms. The van der Waals surface area contributed by atoms with Crippen LogP contribution in [0.15, 0.2) is 45.8 Å². The first-order valence-corrected chi connectivity index (χ1v) is 14.1. The predicted octanol–water partition coefficient (Wildman–Crippen LogP) is 6.88. The molecule has 1 saturated heterocycles. The number of halogens is 1. The number of amides is 1. The number of thioether (sulfide) groups is 1. The van der Waals surface area contributed by atoms with Crippen LogP contribution in [0.2, 0.25) is 0 Å². The van der Waals surface area contributed by atoms with Crippen LogP contribution in [-0.2, 0) is 26.3 Å². The standard InChI is InChI=1S/C28H32BrNO5S2/c1-6-34-24(31)8-7-13-30-26(32)23(37-27(30)36)16-19-14-21(29)25(22(15-19)33-5)35-17-18-9-11-20(12-10-18)28(2,3)4/h9-12,14-16H,6-8,13,17H2,1-5H3/b23-16+.